The standard InChI is InChI=1S/C19H21N7O2.C10H9ClN6.C10H12ClN5O2S.C10H12ClN5S.C5H4Cl2N2S.C5H9N3/c1-26-10-12(9-23-26)8-22-16-7-17(25-19(24-16)18(20)27)28-11-13-6-14(13)15-4-2-3-5-21-15;1-17-6-7(5-14-17)4-13-9-2-8(11)15-10(3-12)16-9;1-16-6-7(5-13-16)4-12-9-3-8(11)14-10(15-9)19(2,17)18;1-16-6-7(5-13-16)4-12-9-3-8(11)14-10(15-9)17-2;1-10-5-8-3(6)2-4(7)9-5;1-8-4-5(2-6)3-7-8/h2-5,7,9-10,13-14H,6,8,11H2,1H3,(H2,20,27)(H,22,24,25);2,5-6H,4H2,1H3,(H,13,15,16);3,5-6H,4H2,1-2H3,(H,12,14,15);3,5-6H,4H2,1-2H3,(H,12,14,15);2H,1H3;3-4H,2,6H2,1H3/t13-,14+;;;;;/m1...../s1. The normalized spacial score (nSPS) is 12.6. The van der Waals surface area contributed by atoms with Gasteiger partial charge in [0, 0.05) is 187 Å². The molecule has 32 nitrogen and oxygen atoms in total. The summed E-state index contributed by atoms with van der Waals surface area (Å²) in [5.74, 6) is 2.44. The largest absolute Gasteiger partial charge is 0.477 e. The van der Waals surface area contributed by atoms with Crippen molar-refractivity contribution in [2.24, 2.45) is 52.6 Å². The lowest BCUT2D eigenvalue weighted by Crippen LogP contribution is -2.17. The van der Waals surface area contributed by atoms with Crippen molar-refractivity contribution in [1.29, 1.82) is 5.26 Å². The number of nitrogens with two attached hydrogens (primary N) is 2. The van der Waals surface area contributed by atoms with Gasteiger partial charge in [-0.15, -0.1) is 0 Å². The van der Waals surface area contributed by atoms with Crippen LogP contribution in [0.4, 0.5) is 23.3 Å². The highest BCUT2D eigenvalue weighted by Gasteiger charge is 2.40. The Morgan fingerprint density at radius 1 is 0.586 bits per heavy atom. The molecule has 12 rings (SSSR count). The van der Waals surface area contributed by atoms with E-state index in [9.17, 15) is 13.2 Å². The predicted molar refractivity (Wildman–Crippen MR) is 379 cm³/mol. The second-order valence-corrected chi connectivity index (χ2v) is 26.3. The van der Waals surface area contributed by atoms with Crippen molar-refractivity contribution in [3.63, 3.8) is 0 Å². The van der Waals surface area contributed by atoms with E-state index in [1.807, 2.05) is 109 Å². The Bertz CT molecular complexity index is 4550. The molecular weight excluding hydrogens is 1440 g/mol. The molecule has 0 aliphatic heterocycles. The lowest BCUT2D eigenvalue weighted by molar-refractivity contribution is 0.0989. The van der Waals surface area contributed by atoms with Crippen LogP contribution in [-0.2, 0) is 77.8 Å². The van der Waals surface area contributed by atoms with Gasteiger partial charge in [-0.3, -0.25) is 33.2 Å². The lowest BCUT2D eigenvalue weighted by atomic mass is 10.2. The molecule has 0 saturated heterocycles. The first-order valence-corrected chi connectivity index (χ1v) is 35.3. The molecule has 1 saturated carbocycles. The molecule has 0 unspecified atom stereocenters. The summed E-state index contributed by atoms with van der Waals surface area (Å²) < 4.78 is 37.2. The van der Waals surface area contributed by atoms with Crippen molar-refractivity contribution in [3.05, 3.63) is 188 Å². The number of sulfone groups is 1. The third-order valence-electron chi connectivity index (χ3n) is 12.8. The Hall–Kier alpha value is -9.38. The van der Waals surface area contributed by atoms with E-state index in [4.69, 9.17) is 79.5 Å². The SMILES string of the molecule is CSc1nc(Cl)cc(Cl)n1.CSc1nc(Cl)cc(NCc2cnn(C)c2)n1.Cn1cc(CN)cn1.Cn1cc(CNc2cc(Cl)nc(C#N)n2)cn1.Cn1cc(CNc2cc(Cl)nc(S(C)(=O)=O)n2)cn1.Cn1cc(CNc2cc(OC[C@H]3C[C@@H]3c3ccccn3)nc(C(N)=O)n2)cn1. The summed E-state index contributed by atoms with van der Waals surface area (Å²) in [7, 11) is 5.78. The molecule has 8 N–H and O–H groups in total. The summed E-state index contributed by atoms with van der Waals surface area (Å²) in [6.07, 6.45) is 25.9. The second-order valence-electron chi connectivity index (χ2n) is 20.9. The number of amides is 1. The number of nitriles is 1. The summed E-state index contributed by atoms with van der Waals surface area (Å²) >= 11 is 31.4. The number of ether oxygens (including phenoxy) is 1. The fourth-order valence-electron chi connectivity index (χ4n) is 8.13. The number of pyridine rings is 1. The summed E-state index contributed by atoms with van der Waals surface area (Å²) in [5.41, 5.74) is 16.9. The maximum Gasteiger partial charge on any atom is 0.286 e. The maximum absolute atomic E-state index is 11.6. The Balaban J connectivity index is 0.000000174. The van der Waals surface area contributed by atoms with Gasteiger partial charge in [-0.25, -0.2) is 53.3 Å². The van der Waals surface area contributed by atoms with Gasteiger partial charge in [-0.1, -0.05) is 87.6 Å². The van der Waals surface area contributed by atoms with Gasteiger partial charge in [0.25, 0.3) is 5.91 Å². The smallest absolute Gasteiger partial charge is 0.286 e. The van der Waals surface area contributed by atoms with Gasteiger partial charge in [-0.05, 0) is 31.1 Å². The number of hydrogen-bond acceptors (Lipinski definition) is 28. The summed E-state index contributed by atoms with van der Waals surface area (Å²) in [6.45, 7) is 3.27. The Kier molecular flexibility index (Phi) is 29.6. The maximum atomic E-state index is 11.6. The number of halogens is 5. The van der Waals surface area contributed by atoms with Crippen LogP contribution in [0.15, 0.2) is 132 Å². The van der Waals surface area contributed by atoms with Gasteiger partial charge >= 0.3 is 0 Å². The van der Waals surface area contributed by atoms with Gasteiger partial charge < -0.3 is 37.5 Å². The summed E-state index contributed by atoms with van der Waals surface area (Å²) in [5, 5.41) is 43.7. The molecular formula is C59H67Cl5N28O4S3. The number of nitrogens with zero attached hydrogens (tertiary/aromatic N) is 22. The van der Waals surface area contributed by atoms with Crippen molar-refractivity contribution in [2.75, 3.05) is 46.6 Å². The molecule has 11 heterocycles. The number of aromatic nitrogens is 21. The van der Waals surface area contributed by atoms with Crippen molar-refractivity contribution < 1.29 is 17.9 Å². The number of carbonyl (C=O) groups excluding carboxylic acids is 1. The van der Waals surface area contributed by atoms with E-state index in [1.54, 1.807) is 72.6 Å². The van der Waals surface area contributed by atoms with Gasteiger partial charge in [0.1, 0.15) is 55.1 Å². The summed E-state index contributed by atoms with van der Waals surface area (Å²) in [4.78, 5) is 55.7. The Morgan fingerprint density at radius 3 is 1.41 bits per heavy atom. The van der Waals surface area contributed by atoms with Crippen molar-refractivity contribution in [3.8, 4) is 11.9 Å². The molecule has 520 valence electrons. The third-order valence-corrected chi connectivity index (χ3v) is 15.7. The predicted octanol–water partition coefficient (Wildman–Crippen LogP) is 8.31. The number of carbonyl (C=O) groups is 1. The molecule has 1 aliphatic carbocycles. The highest BCUT2D eigenvalue weighted by atomic mass is 35.5. The van der Waals surface area contributed by atoms with E-state index < -0.39 is 15.7 Å². The molecule has 0 aromatic carbocycles. The van der Waals surface area contributed by atoms with Crippen LogP contribution in [0.2, 0.25) is 25.8 Å². The first-order valence-electron chi connectivity index (χ1n) is 29.1. The molecule has 1 fully saturated rings. The second kappa shape index (κ2) is 38.1. The average molecular weight is 1510 g/mol. The van der Waals surface area contributed by atoms with Crippen LogP contribution >= 0.6 is 81.5 Å². The lowest BCUT2D eigenvalue weighted by Gasteiger charge is -2.09. The molecule has 0 spiro atoms. The number of primary amides is 1. The number of thioether (sulfide) groups is 2. The van der Waals surface area contributed by atoms with Gasteiger partial charge in [-0.2, -0.15) is 35.7 Å². The van der Waals surface area contributed by atoms with Crippen molar-refractivity contribution in [1.82, 2.24) is 104 Å². The molecule has 1 amide bonds. The highest BCUT2D eigenvalue weighted by Crippen LogP contribution is 2.46. The van der Waals surface area contributed by atoms with Crippen LogP contribution in [0.5, 0.6) is 5.88 Å². The fourth-order valence-corrected chi connectivity index (χ4v) is 10.6. The first kappa shape index (κ1) is 77.0. The van der Waals surface area contributed by atoms with Crippen LogP contribution in [-0.4, -0.2) is 143 Å². The molecule has 99 heavy (non-hydrogen) atoms. The molecule has 11 aromatic heterocycles. The minimum absolute atomic E-state index is 0.0474. The number of hydrogen-bond donors (Lipinski definition) is 6. The zero-order valence-corrected chi connectivity index (χ0v) is 60.5. The zero-order valence-electron chi connectivity index (χ0n) is 54.3. The molecule has 11 aromatic rings. The van der Waals surface area contributed by atoms with E-state index in [2.05, 4.69) is 102 Å². The highest BCUT2D eigenvalue weighted by molar-refractivity contribution is 7.98. The van der Waals surface area contributed by atoms with E-state index in [0.717, 1.165) is 52.0 Å². The van der Waals surface area contributed by atoms with Crippen LogP contribution in [0.1, 0.15) is 62.3 Å². The van der Waals surface area contributed by atoms with Crippen LogP contribution in [0.25, 0.3) is 0 Å². The molecule has 0 radical (unpaired) electrons. The average Bonchev–Trinajstić information content (AvgIpc) is 1.67. The Labute approximate surface area is 602 Å². The molecule has 2 atom stereocenters. The topological polar surface area (TPSA) is 415 Å². The van der Waals surface area contributed by atoms with Gasteiger partial charge in [0.15, 0.2) is 10.3 Å². The monoisotopic (exact) mass is 1500 g/mol. The minimum Gasteiger partial charge on any atom is -0.477 e. The molecule has 40 heteroatoms. The minimum atomic E-state index is -3.49. The quantitative estimate of drug-likeness (QED) is 0.0224. The van der Waals surface area contributed by atoms with Crippen LogP contribution < -0.4 is 37.5 Å². The van der Waals surface area contributed by atoms with E-state index >= 15 is 0 Å². The van der Waals surface area contributed by atoms with Crippen LogP contribution in [0, 0.1) is 17.2 Å². The van der Waals surface area contributed by atoms with E-state index in [0.29, 0.717) is 100 Å². The molecule has 0 bridgehead atoms. The summed E-state index contributed by atoms with van der Waals surface area (Å²) in [6, 6.07) is 15.7. The number of nitrogens with one attached hydrogen (secondary N) is 4. The number of rotatable bonds is 21. The fraction of sp³-hybridized carbons (Fsp3) is 0.288. The molecule has 1 aliphatic rings. The van der Waals surface area contributed by atoms with Gasteiger partial charge in [0.05, 0.1) is 37.6 Å². The first-order chi connectivity index (χ1) is 47.3. The zero-order chi connectivity index (χ0) is 71.6. The van der Waals surface area contributed by atoms with E-state index in [1.165, 1.54) is 35.7 Å². The Morgan fingerprint density at radius 2 is 1.01 bits per heavy atom. The van der Waals surface area contributed by atoms with Crippen molar-refractivity contribution in [2.45, 2.75) is 60.5 Å². The third kappa shape index (κ3) is 27.1. The van der Waals surface area contributed by atoms with Crippen molar-refractivity contribution >= 4 is 121 Å². The number of anilines is 4. The van der Waals surface area contributed by atoms with Gasteiger partial charge in [0.2, 0.25) is 32.5 Å². The van der Waals surface area contributed by atoms with Crippen LogP contribution in [0.3, 0.4) is 0 Å². The van der Waals surface area contributed by atoms with E-state index in [-0.39, 0.29) is 27.1 Å². The number of aryl methyl sites for hydroxylation is 5.